The molecule has 0 radical (unpaired) electrons. The molecule has 2 heterocycles. The molecule has 10 heteroatoms. The predicted octanol–water partition coefficient (Wildman–Crippen LogP) is 1.29. The predicted molar refractivity (Wildman–Crippen MR) is 98.0 cm³/mol. The third kappa shape index (κ3) is 3.47. The molecule has 3 aromatic rings. The number of nitrogens with one attached hydrogen (secondary N) is 1. The molecule has 144 valence electrons. The zero-order valence-electron chi connectivity index (χ0n) is 15.0. The molecule has 0 aliphatic rings. The number of carbonyl (C=O) groups is 3. The molecular weight excluding hydrogens is 366 g/mol. The second-order valence-electron chi connectivity index (χ2n) is 5.98. The number of hydrogen-bond acceptors (Lipinski definition) is 7. The molecule has 1 aromatic carbocycles. The van der Waals surface area contributed by atoms with Crippen LogP contribution >= 0.6 is 0 Å². The summed E-state index contributed by atoms with van der Waals surface area (Å²) in [5, 5.41) is 15.9. The third-order valence-corrected chi connectivity index (χ3v) is 4.13. The van der Waals surface area contributed by atoms with Gasteiger partial charge in [-0.3, -0.25) is 4.79 Å². The Morgan fingerprint density at radius 3 is 2.54 bits per heavy atom. The Kier molecular flexibility index (Phi) is 4.94. The molecule has 4 N–H and O–H groups in total. The Balaban J connectivity index is 1.85. The van der Waals surface area contributed by atoms with Crippen LogP contribution in [0.4, 0.5) is 5.69 Å². The number of nitrogen functional groups attached to an aromatic ring is 1. The van der Waals surface area contributed by atoms with E-state index in [9.17, 15) is 19.5 Å². The molecule has 10 nitrogen and oxygen atoms in total. The summed E-state index contributed by atoms with van der Waals surface area (Å²) in [4.78, 5) is 39.6. The lowest BCUT2D eigenvalue weighted by molar-refractivity contribution is 0.0599. The largest absolute Gasteiger partial charge is 0.477 e. The topological polar surface area (TPSA) is 149 Å². The van der Waals surface area contributed by atoms with Gasteiger partial charge in [-0.15, -0.1) is 0 Å². The van der Waals surface area contributed by atoms with Crippen molar-refractivity contribution in [2.45, 2.75) is 13.0 Å². The minimum absolute atomic E-state index is 0.0835. The van der Waals surface area contributed by atoms with Gasteiger partial charge in [0.1, 0.15) is 5.69 Å². The monoisotopic (exact) mass is 383 g/mol. The van der Waals surface area contributed by atoms with Crippen LogP contribution in [0, 0.1) is 0 Å². The number of nitrogens with zero attached hydrogens (tertiary/aromatic N) is 3. The number of carboxylic acid groups (broad SMARTS) is 1. The number of nitrogens with two attached hydrogens (primary N) is 1. The highest BCUT2D eigenvalue weighted by molar-refractivity contribution is 5.96. The second-order valence-corrected chi connectivity index (χ2v) is 5.98. The molecular formula is C18H17N5O5. The Bertz CT molecular complexity index is 1070. The molecule has 2 aromatic heterocycles. The zero-order valence-corrected chi connectivity index (χ0v) is 15.0. The molecule has 0 spiro atoms. The van der Waals surface area contributed by atoms with Crippen molar-refractivity contribution >= 4 is 29.2 Å². The summed E-state index contributed by atoms with van der Waals surface area (Å²) in [6.07, 6.45) is 1.27. The summed E-state index contributed by atoms with van der Waals surface area (Å²) >= 11 is 0. The van der Waals surface area contributed by atoms with E-state index in [4.69, 9.17) is 5.73 Å². The highest BCUT2D eigenvalue weighted by atomic mass is 16.5. The van der Waals surface area contributed by atoms with E-state index in [-0.39, 0.29) is 22.7 Å². The Morgan fingerprint density at radius 2 is 1.93 bits per heavy atom. The summed E-state index contributed by atoms with van der Waals surface area (Å²) in [5.41, 5.74) is 6.78. The smallest absolute Gasteiger partial charge is 0.354 e. The van der Waals surface area contributed by atoms with Gasteiger partial charge in [0.2, 0.25) is 0 Å². The number of rotatable bonds is 5. The van der Waals surface area contributed by atoms with E-state index in [2.05, 4.69) is 20.1 Å². The van der Waals surface area contributed by atoms with E-state index in [1.165, 1.54) is 13.3 Å². The summed E-state index contributed by atoms with van der Waals surface area (Å²) < 4.78 is 5.70. The number of methoxy groups -OCH3 is 1. The van der Waals surface area contributed by atoms with Crippen molar-refractivity contribution in [2.75, 3.05) is 12.8 Å². The SMILES string of the molecule is COC(=O)c1ccc([C@H](C)NC(=O)c2cc(C(=O)O)n3ncc(N)c3n2)cc1. The Labute approximate surface area is 158 Å². The lowest BCUT2D eigenvalue weighted by Crippen LogP contribution is -2.28. The van der Waals surface area contributed by atoms with Crippen molar-refractivity contribution in [1.29, 1.82) is 0 Å². The minimum atomic E-state index is -1.27. The average Bonchev–Trinajstić information content (AvgIpc) is 3.07. The quantitative estimate of drug-likeness (QED) is 0.558. The van der Waals surface area contributed by atoms with Crippen LogP contribution in [0.1, 0.15) is 49.9 Å². The first-order valence-electron chi connectivity index (χ1n) is 8.18. The van der Waals surface area contributed by atoms with Crippen molar-refractivity contribution in [3.63, 3.8) is 0 Å². The number of ether oxygens (including phenoxy) is 1. The van der Waals surface area contributed by atoms with Crippen molar-refractivity contribution in [3.8, 4) is 0 Å². The molecule has 0 saturated carbocycles. The van der Waals surface area contributed by atoms with Gasteiger partial charge in [0, 0.05) is 6.07 Å². The molecule has 1 amide bonds. The van der Waals surface area contributed by atoms with Crippen LogP contribution in [-0.4, -0.2) is 44.7 Å². The first-order chi connectivity index (χ1) is 13.3. The number of fused-ring (bicyclic) bond motifs is 1. The first kappa shape index (κ1) is 18.8. The lowest BCUT2D eigenvalue weighted by Gasteiger charge is -2.15. The van der Waals surface area contributed by atoms with Gasteiger partial charge in [-0.2, -0.15) is 5.10 Å². The Morgan fingerprint density at radius 1 is 1.25 bits per heavy atom. The number of hydrogen-bond donors (Lipinski definition) is 3. The van der Waals surface area contributed by atoms with E-state index in [1.54, 1.807) is 31.2 Å². The van der Waals surface area contributed by atoms with E-state index in [0.717, 1.165) is 16.1 Å². The number of anilines is 1. The van der Waals surface area contributed by atoms with Gasteiger partial charge in [-0.1, -0.05) is 12.1 Å². The van der Waals surface area contributed by atoms with E-state index >= 15 is 0 Å². The van der Waals surface area contributed by atoms with E-state index in [0.29, 0.717) is 5.56 Å². The summed E-state index contributed by atoms with van der Waals surface area (Å²) in [7, 11) is 1.29. The molecule has 1 atom stereocenters. The third-order valence-electron chi connectivity index (χ3n) is 4.13. The van der Waals surface area contributed by atoms with Gasteiger partial charge in [0.15, 0.2) is 11.3 Å². The van der Waals surface area contributed by atoms with Crippen molar-refractivity contribution in [3.05, 3.63) is 59.0 Å². The lowest BCUT2D eigenvalue weighted by atomic mass is 10.1. The maximum Gasteiger partial charge on any atom is 0.354 e. The standard InChI is InChI=1S/C18H17N5O5/c1-9(10-3-5-11(6-4-10)18(27)28-2)21-16(24)13-7-14(17(25)26)23-15(22-13)12(19)8-20-23/h3-9H,19H2,1-2H3,(H,21,24)(H,25,26)/t9-/m0/s1. The molecule has 0 bridgehead atoms. The Hall–Kier alpha value is -3.95. The van der Waals surface area contributed by atoms with Gasteiger partial charge in [0.25, 0.3) is 5.91 Å². The average molecular weight is 383 g/mol. The van der Waals surface area contributed by atoms with Crippen LogP contribution in [0.2, 0.25) is 0 Å². The van der Waals surface area contributed by atoms with Crippen LogP contribution in [0.15, 0.2) is 36.5 Å². The highest BCUT2D eigenvalue weighted by Crippen LogP contribution is 2.17. The summed E-state index contributed by atoms with van der Waals surface area (Å²) in [6, 6.07) is 7.25. The number of esters is 1. The first-order valence-corrected chi connectivity index (χ1v) is 8.18. The molecule has 0 fully saturated rings. The molecule has 28 heavy (non-hydrogen) atoms. The second kappa shape index (κ2) is 7.35. The maximum absolute atomic E-state index is 12.6. The van der Waals surface area contributed by atoms with Gasteiger partial charge >= 0.3 is 11.9 Å². The fourth-order valence-electron chi connectivity index (χ4n) is 2.63. The fraction of sp³-hybridized carbons (Fsp3) is 0.167. The number of carbonyl (C=O) groups excluding carboxylic acids is 2. The van der Waals surface area contributed by atoms with Crippen LogP contribution in [-0.2, 0) is 4.74 Å². The van der Waals surface area contributed by atoms with Gasteiger partial charge in [0.05, 0.1) is 30.6 Å². The van der Waals surface area contributed by atoms with Gasteiger partial charge in [-0.25, -0.2) is 19.1 Å². The van der Waals surface area contributed by atoms with Crippen LogP contribution < -0.4 is 11.1 Å². The number of amides is 1. The number of benzene rings is 1. The summed E-state index contributed by atoms with van der Waals surface area (Å²) in [5.74, 6) is -2.30. The highest BCUT2D eigenvalue weighted by Gasteiger charge is 2.20. The molecule has 3 rings (SSSR count). The zero-order chi connectivity index (χ0) is 20.4. The van der Waals surface area contributed by atoms with Crippen molar-refractivity contribution in [2.24, 2.45) is 0 Å². The molecule has 0 aliphatic heterocycles. The van der Waals surface area contributed by atoms with E-state index in [1.807, 2.05) is 0 Å². The normalized spacial score (nSPS) is 11.8. The fourth-order valence-corrected chi connectivity index (χ4v) is 2.63. The molecule has 0 unspecified atom stereocenters. The van der Waals surface area contributed by atoms with Crippen LogP contribution in [0.25, 0.3) is 5.65 Å². The minimum Gasteiger partial charge on any atom is -0.477 e. The van der Waals surface area contributed by atoms with Gasteiger partial charge < -0.3 is 20.9 Å². The van der Waals surface area contributed by atoms with Crippen LogP contribution in [0.3, 0.4) is 0 Å². The van der Waals surface area contributed by atoms with E-state index < -0.39 is 23.9 Å². The molecule has 0 saturated heterocycles. The summed E-state index contributed by atoms with van der Waals surface area (Å²) in [6.45, 7) is 1.74. The van der Waals surface area contributed by atoms with Crippen molar-refractivity contribution in [1.82, 2.24) is 19.9 Å². The van der Waals surface area contributed by atoms with Crippen LogP contribution in [0.5, 0.6) is 0 Å². The number of carboxylic acids is 1. The number of aromatic nitrogens is 3. The molecule has 0 aliphatic carbocycles. The number of aromatic carboxylic acids is 1. The van der Waals surface area contributed by atoms with Crippen molar-refractivity contribution < 1.29 is 24.2 Å². The maximum atomic E-state index is 12.6. The van der Waals surface area contributed by atoms with Gasteiger partial charge in [-0.05, 0) is 24.6 Å².